The van der Waals surface area contributed by atoms with Crippen LogP contribution in [-0.4, -0.2) is 19.3 Å². The van der Waals surface area contributed by atoms with Gasteiger partial charge in [0.25, 0.3) is 0 Å². The third-order valence-corrected chi connectivity index (χ3v) is 1.21. The van der Waals surface area contributed by atoms with E-state index in [1.54, 1.807) is 24.3 Å². The molecule has 1 aromatic carbocycles. The summed E-state index contributed by atoms with van der Waals surface area (Å²) in [6, 6.07) is 8.70. The second-order valence-electron chi connectivity index (χ2n) is 1.96. The van der Waals surface area contributed by atoms with E-state index in [-0.39, 0.29) is 6.61 Å². The lowest BCUT2D eigenvalue weighted by atomic mass is 10.2. The van der Waals surface area contributed by atoms with Crippen molar-refractivity contribution < 1.29 is 12.4 Å². The van der Waals surface area contributed by atoms with Gasteiger partial charge in [-0.25, -0.2) is 0 Å². The van der Waals surface area contributed by atoms with Crippen molar-refractivity contribution in [1.29, 1.82) is 0 Å². The van der Waals surface area contributed by atoms with Crippen LogP contribution in [0.15, 0.2) is 30.3 Å². The Kier molecular flexibility index (Phi) is 2.60. The molecule has 57 valence electrons. The predicted octanol–water partition coefficient (Wildman–Crippen LogP) is 0.772. The molecule has 0 unspecified atom stereocenters. The van der Waals surface area contributed by atoms with Gasteiger partial charge in [0, 0.05) is 9.35 Å². The fourth-order valence-corrected chi connectivity index (χ4v) is 0.718. The highest BCUT2D eigenvalue weighted by atomic mass is 16.5. The summed E-state index contributed by atoms with van der Waals surface area (Å²) in [4.78, 5) is 0. The minimum Gasteiger partial charge on any atom is -0.429 e. The molecule has 0 aromatic heterocycles. The monoisotopic (exact) mass is 151 g/mol. The lowest BCUT2D eigenvalue weighted by Crippen LogP contribution is -2.01. The van der Waals surface area contributed by atoms with Gasteiger partial charge in [0.05, 0.1) is 0 Å². The number of hydrogen-bond acceptors (Lipinski definition) is 2. The molecule has 11 heavy (non-hydrogen) atoms. The Morgan fingerprint density at radius 1 is 1.45 bits per heavy atom. The average molecular weight is 151 g/mol. The molecule has 0 saturated carbocycles. The first-order valence-corrected chi connectivity index (χ1v) is 3.30. The van der Waals surface area contributed by atoms with Crippen LogP contribution in [-0.2, 0) is 11.0 Å². The Hall–Kier alpha value is -0.795. The van der Waals surface area contributed by atoms with Gasteiger partial charge in [0.15, 0.2) is 0 Å². The van der Waals surface area contributed by atoms with E-state index >= 15 is 0 Å². The van der Waals surface area contributed by atoms with Crippen LogP contribution in [0.5, 0.6) is 0 Å². The highest BCUT2D eigenvalue weighted by Crippen LogP contribution is 1.98. The van der Waals surface area contributed by atoms with Crippen LogP contribution in [0.1, 0.15) is 8.30 Å². The molecule has 1 aromatic rings. The Morgan fingerprint density at radius 3 is 2.82 bits per heavy atom. The minimum atomic E-state index is -1.57. The number of hydrogen-bond donors (Lipinski definition) is 1. The van der Waals surface area contributed by atoms with E-state index in [0.717, 1.165) is 0 Å². The predicted molar refractivity (Wildman–Crippen MR) is 44.1 cm³/mol. The molecule has 0 atom stereocenters. The summed E-state index contributed by atoms with van der Waals surface area (Å²) in [5.41, 5.74) is 0.539. The Morgan fingerprint density at radius 2 is 2.18 bits per heavy atom. The molecule has 0 aliphatic rings. The Labute approximate surface area is 69.9 Å². The highest BCUT2D eigenvalue weighted by molar-refractivity contribution is 6.15. The van der Waals surface area contributed by atoms with E-state index in [1.807, 2.05) is 6.07 Å². The van der Waals surface area contributed by atoms with Gasteiger partial charge in [-0.05, 0) is 11.9 Å². The largest absolute Gasteiger partial charge is 0.485 e. The summed E-state index contributed by atoms with van der Waals surface area (Å²) < 4.78 is 19.7. The Bertz CT molecular complexity index is 254. The lowest BCUT2D eigenvalue weighted by Gasteiger charge is -1.98. The molecule has 0 spiro atoms. The second kappa shape index (κ2) is 4.94. The van der Waals surface area contributed by atoms with Crippen molar-refractivity contribution >= 4 is 7.69 Å². The maximum atomic E-state index is 8.26. The molecule has 2 nitrogen and oxygen atoms in total. The Balaban J connectivity index is 2.69. The molecule has 3 heteroatoms. The van der Waals surface area contributed by atoms with E-state index < -0.39 is 6.37 Å². The SMILES string of the molecule is [2H]C([2H])(CO[B]O)c1ccccc1. The normalized spacial score (nSPS) is 13.5. The van der Waals surface area contributed by atoms with Gasteiger partial charge in [0.2, 0.25) is 0 Å². The molecular formula is C8H10BO2. The van der Waals surface area contributed by atoms with Crippen LogP contribution in [0.4, 0.5) is 0 Å². The van der Waals surface area contributed by atoms with Gasteiger partial charge in [0.1, 0.15) is 0 Å². The first-order valence-electron chi connectivity index (χ1n) is 4.30. The molecule has 0 heterocycles. The lowest BCUT2D eigenvalue weighted by molar-refractivity contribution is 0.288. The summed E-state index contributed by atoms with van der Waals surface area (Å²) in [7, 11) is 0.501. The van der Waals surface area contributed by atoms with E-state index in [0.29, 0.717) is 13.2 Å². The molecule has 0 aliphatic carbocycles. The van der Waals surface area contributed by atoms with Gasteiger partial charge in [-0.3, -0.25) is 0 Å². The van der Waals surface area contributed by atoms with Crippen molar-refractivity contribution in [2.75, 3.05) is 6.61 Å². The number of benzene rings is 1. The van der Waals surface area contributed by atoms with Gasteiger partial charge < -0.3 is 9.68 Å². The fourth-order valence-electron chi connectivity index (χ4n) is 0.718. The molecule has 0 fully saturated rings. The zero-order chi connectivity index (χ0) is 9.73. The molecule has 0 aliphatic heterocycles. The van der Waals surface area contributed by atoms with Crippen LogP contribution in [0.3, 0.4) is 0 Å². The number of rotatable bonds is 4. The highest BCUT2D eigenvalue weighted by Gasteiger charge is 1.90. The van der Waals surface area contributed by atoms with Crippen molar-refractivity contribution in [3.63, 3.8) is 0 Å². The van der Waals surface area contributed by atoms with Crippen LogP contribution in [0.25, 0.3) is 0 Å². The summed E-state index contributed by atoms with van der Waals surface area (Å²) in [5.74, 6) is 0. The van der Waals surface area contributed by atoms with Crippen LogP contribution < -0.4 is 0 Å². The van der Waals surface area contributed by atoms with Crippen LogP contribution in [0.2, 0.25) is 0 Å². The van der Waals surface area contributed by atoms with Crippen LogP contribution in [0, 0.1) is 0 Å². The topological polar surface area (TPSA) is 29.5 Å². The van der Waals surface area contributed by atoms with Crippen molar-refractivity contribution in [1.82, 2.24) is 0 Å². The van der Waals surface area contributed by atoms with Crippen molar-refractivity contribution in [2.24, 2.45) is 0 Å². The van der Waals surface area contributed by atoms with Crippen LogP contribution >= 0.6 is 0 Å². The van der Waals surface area contributed by atoms with E-state index in [1.165, 1.54) is 0 Å². The maximum absolute atomic E-state index is 8.26. The molecule has 1 radical (unpaired) electrons. The maximum Gasteiger partial charge on any atom is 0.485 e. The molecule has 1 rings (SSSR count). The van der Waals surface area contributed by atoms with Crippen molar-refractivity contribution in [3.8, 4) is 0 Å². The smallest absolute Gasteiger partial charge is 0.429 e. The van der Waals surface area contributed by atoms with E-state index in [4.69, 9.17) is 7.77 Å². The fraction of sp³-hybridized carbons (Fsp3) is 0.250. The summed E-state index contributed by atoms with van der Waals surface area (Å²) >= 11 is 0. The third kappa shape index (κ3) is 3.21. The molecule has 1 N–H and O–H groups in total. The zero-order valence-corrected chi connectivity index (χ0v) is 6.03. The van der Waals surface area contributed by atoms with Gasteiger partial charge in [-0.2, -0.15) is 0 Å². The van der Waals surface area contributed by atoms with Gasteiger partial charge in [-0.1, -0.05) is 30.3 Å². The first-order chi connectivity index (χ1) is 6.17. The zero-order valence-electron chi connectivity index (χ0n) is 8.03. The molecule has 0 saturated heterocycles. The minimum absolute atomic E-state index is 0.187. The van der Waals surface area contributed by atoms with Crippen molar-refractivity contribution in [2.45, 2.75) is 6.37 Å². The summed E-state index contributed by atoms with van der Waals surface area (Å²) in [6.45, 7) is -0.187. The summed E-state index contributed by atoms with van der Waals surface area (Å²) in [6.07, 6.45) is -1.57. The quantitative estimate of drug-likeness (QED) is 0.644. The average Bonchev–Trinajstić information content (AvgIpc) is 2.16. The molecule has 0 bridgehead atoms. The van der Waals surface area contributed by atoms with E-state index in [2.05, 4.69) is 4.65 Å². The van der Waals surface area contributed by atoms with Crippen molar-refractivity contribution in [3.05, 3.63) is 35.9 Å². The second-order valence-corrected chi connectivity index (χ2v) is 1.96. The summed E-state index contributed by atoms with van der Waals surface area (Å²) in [5, 5.41) is 8.26. The standard InChI is InChI=1S/C8H10BO2/c10-9-11-7-6-8-4-2-1-3-5-8/h1-5,10H,6-7H2/i6D2. The van der Waals surface area contributed by atoms with Gasteiger partial charge >= 0.3 is 7.69 Å². The molecule has 0 amide bonds. The van der Waals surface area contributed by atoms with E-state index in [9.17, 15) is 0 Å². The van der Waals surface area contributed by atoms with Gasteiger partial charge in [-0.15, -0.1) is 0 Å². The first kappa shape index (κ1) is 5.80. The third-order valence-electron chi connectivity index (χ3n) is 1.21. The molecular weight excluding hydrogens is 139 g/mol.